The third-order valence-corrected chi connectivity index (χ3v) is 4.15. The van der Waals surface area contributed by atoms with E-state index >= 15 is 0 Å². The first kappa shape index (κ1) is 13.6. The largest absolute Gasteiger partial charge is 0.373 e. The van der Waals surface area contributed by atoms with Crippen molar-refractivity contribution < 1.29 is 4.74 Å². The van der Waals surface area contributed by atoms with Crippen LogP contribution in [-0.2, 0) is 4.74 Å². The molecule has 5 heteroatoms. The quantitative estimate of drug-likeness (QED) is 0.798. The number of aromatic nitrogens is 2. The average Bonchev–Trinajstić information content (AvgIpc) is 2.49. The number of alkyl halides is 1. The van der Waals surface area contributed by atoms with Crippen LogP contribution in [0.3, 0.4) is 0 Å². The van der Waals surface area contributed by atoms with Crippen molar-refractivity contribution in [3.63, 3.8) is 0 Å². The Morgan fingerprint density at radius 3 is 2.80 bits per heavy atom. The Morgan fingerprint density at radius 2 is 2.05 bits per heavy atom. The van der Waals surface area contributed by atoms with E-state index < -0.39 is 0 Å². The van der Waals surface area contributed by atoms with Crippen LogP contribution < -0.4 is 4.90 Å². The maximum atomic E-state index is 5.94. The Balaban J connectivity index is 2.07. The van der Waals surface area contributed by atoms with E-state index in [0.717, 1.165) is 28.8 Å². The molecule has 0 bridgehead atoms. The zero-order chi connectivity index (χ0) is 14.1. The third kappa shape index (κ3) is 2.34. The predicted molar refractivity (Wildman–Crippen MR) is 81.5 cm³/mol. The molecule has 1 aliphatic rings. The minimum atomic E-state index is 0.0507. The van der Waals surface area contributed by atoms with E-state index in [1.165, 1.54) is 0 Å². The van der Waals surface area contributed by atoms with Crippen LogP contribution in [0.2, 0.25) is 0 Å². The topological polar surface area (TPSA) is 38.2 Å². The van der Waals surface area contributed by atoms with Gasteiger partial charge < -0.3 is 9.64 Å². The van der Waals surface area contributed by atoms with Crippen LogP contribution in [0.25, 0.3) is 10.8 Å². The number of fused-ring (bicyclic) bond motifs is 1. The van der Waals surface area contributed by atoms with Gasteiger partial charge in [-0.1, -0.05) is 24.3 Å². The molecule has 0 radical (unpaired) electrons. The van der Waals surface area contributed by atoms with Crippen molar-refractivity contribution in [1.82, 2.24) is 10.2 Å². The lowest BCUT2D eigenvalue weighted by Gasteiger charge is -2.38. The van der Waals surface area contributed by atoms with Crippen molar-refractivity contribution in [1.29, 1.82) is 0 Å². The first-order valence-electron chi connectivity index (χ1n) is 6.87. The zero-order valence-corrected chi connectivity index (χ0v) is 12.5. The van der Waals surface area contributed by atoms with E-state index in [4.69, 9.17) is 16.3 Å². The molecule has 3 rings (SSSR count). The Labute approximate surface area is 123 Å². The van der Waals surface area contributed by atoms with Crippen LogP contribution in [0.4, 0.5) is 5.82 Å². The molecule has 2 atom stereocenters. The van der Waals surface area contributed by atoms with E-state index in [9.17, 15) is 0 Å². The summed E-state index contributed by atoms with van der Waals surface area (Å²) in [6.45, 7) is 5.55. The summed E-state index contributed by atoms with van der Waals surface area (Å²) in [5, 5.41) is 11.0. The Hall–Kier alpha value is -1.39. The third-order valence-electron chi connectivity index (χ3n) is 3.80. The monoisotopic (exact) mass is 291 g/mol. The van der Waals surface area contributed by atoms with Crippen LogP contribution in [0.1, 0.15) is 12.6 Å². The number of benzene rings is 1. The summed E-state index contributed by atoms with van der Waals surface area (Å²) in [6.07, 6.45) is 0.0507. The van der Waals surface area contributed by atoms with Gasteiger partial charge in [0, 0.05) is 17.3 Å². The number of hydrogen-bond donors (Lipinski definition) is 0. The number of rotatable bonds is 2. The SMILES string of the molecule is Cc1nnc(N2CC(CCl)OCC2C)c2ccccc12. The molecule has 2 aromatic rings. The molecule has 0 saturated carbocycles. The van der Waals surface area contributed by atoms with E-state index in [1.54, 1.807) is 0 Å². The number of aryl methyl sites for hydroxylation is 1. The van der Waals surface area contributed by atoms with Crippen molar-refractivity contribution >= 4 is 28.2 Å². The van der Waals surface area contributed by atoms with Crippen LogP contribution in [0, 0.1) is 6.92 Å². The smallest absolute Gasteiger partial charge is 0.159 e. The van der Waals surface area contributed by atoms with Crippen LogP contribution in [-0.4, -0.2) is 41.4 Å². The molecule has 1 aliphatic heterocycles. The fourth-order valence-electron chi connectivity index (χ4n) is 2.64. The van der Waals surface area contributed by atoms with Gasteiger partial charge in [-0.2, -0.15) is 5.10 Å². The van der Waals surface area contributed by atoms with Crippen molar-refractivity contribution in [3.8, 4) is 0 Å². The lowest BCUT2D eigenvalue weighted by molar-refractivity contribution is 0.0362. The summed E-state index contributed by atoms with van der Waals surface area (Å²) < 4.78 is 5.71. The molecule has 2 unspecified atom stereocenters. The van der Waals surface area contributed by atoms with Gasteiger partial charge in [0.25, 0.3) is 0 Å². The van der Waals surface area contributed by atoms with Gasteiger partial charge in [0.15, 0.2) is 5.82 Å². The molecule has 0 amide bonds. The van der Waals surface area contributed by atoms with Crippen molar-refractivity contribution in [2.75, 3.05) is 23.9 Å². The maximum Gasteiger partial charge on any atom is 0.159 e. The summed E-state index contributed by atoms with van der Waals surface area (Å²) in [5.74, 6) is 1.43. The summed E-state index contributed by atoms with van der Waals surface area (Å²) in [4.78, 5) is 2.26. The molecule has 0 spiro atoms. The summed E-state index contributed by atoms with van der Waals surface area (Å²) in [6, 6.07) is 8.54. The van der Waals surface area contributed by atoms with E-state index in [1.807, 2.05) is 19.1 Å². The fourth-order valence-corrected chi connectivity index (χ4v) is 2.83. The summed E-state index contributed by atoms with van der Waals surface area (Å²) >= 11 is 5.94. The number of morpholine rings is 1. The van der Waals surface area contributed by atoms with Gasteiger partial charge >= 0.3 is 0 Å². The molecule has 0 aliphatic carbocycles. The fraction of sp³-hybridized carbons (Fsp3) is 0.467. The number of halogens is 1. The molecular formula is C15H18ClN3O. The molecule has 2 heterocycles. The Bertz CT molecular complexity index is 619. The molecular weight excluding hydrogens is 274 g/mol. The normalized spacial score (nSPS) is 23.2. The van der Waals surface area contributed by atoms with Gasteiger partial charge in [0.05, 0.1) is 30.3 Å². The van der Waals surface area contributed by atoms with Crippen LogP contribution in [0.5, 0.6) is 0 Å². The van der Waals surface area contributed by atoms with E-state index in [2.05, 4.69) is 34.2 Å². The van der Waals surface area contributed by atoms with Crippen molar-refractivity contribution in [3.05, 3.63) is 30.0 Å². The number of anilines is 1. The number of nitrogens with zero attached hydrogens (tertiary/aromatic N) is 3. The lowest BCUT2D eigenvalue weighted by Crippen LogP contribution is -2.49. The highest BCUT2D eigenvalue weighted by atomic mass is 35.5. The van der Waals surface area contributed by atoms with Gasteiger partial charge in [0.2, 0.25) is 0 Å². The standard InChI is InChI=1S/C15H18ClN3O/c1-10-9-20-12(7-16)8-19(10)15-14-6-4-3-5-13(14)11(2)17-18-15/h3-6,10,12H,7-9H2,1-2H3. The first-order chi connectivity index (χ1) is 9.70. The first-order valence-corrected chi connectivity index (χ1v) is 7.40. The van der Waals surface area contributed by atoms with Crippen molar-refractivity contribution in [2.45, 2.75) is 26.0 Å². The van der Waals surface area contributed by atoms with Gasteiger partial charge in [0.1, 0.15) is 0 Å². The molecule has 1 fully saturated rings. The maximum absolute atomic E-state index is 5.94. The van der Waals surface area contributed by atoms with Crippen LogP contribution in [0.15, 0.2) is 24.3 Å². The second-order valence-electron chi connectivity index (χ2n) is 5.27. The highest BCUT2D eigenvalue weighted by Crippen LogP contribution is 2.28. The summed E-state index contributed by atoms with van der Waals surface area (Å²) in [7, 11) is 0. The van der Waals surface area contributed by atoms with Gasteiger partial charge in [-0.05, 0) is 13.8 Å². The van der Waals surface area contributed by atoms with Gasteiger partial charge in [-0.15, -0.1) is 16.7 Å². The highest BCUT2D eigenvalue weighted by molar-refractivity contribution is 6.18. The van der Waals surface area contributed by atoms with Gasteiger partial charge in [-0.3, -0.25) is 0 Å². The molecule has 1 aromatic carbocycles. The minimum absolute atomic E-state index is 0.0507. The number of hydrogen-bond acceptors (Lipinski definition) is 4. The molecule has 1 saturated heterocycles. The van der Waals surface area contributed by atoms with Crippen LogP contribution >= 0.6 is 11.6 Å². The lowest BCUT2D eigenvalue weighted by atomic mass is 10.1. The van der Waals surface area contributed by atoms with Crippen molar-refractivity contribution in [2.24, 2.45) is 0 Å². The molecule has 4 nitrogen and oxygen atoms in total. The second kappa shape index (κ2) is 5.54. The minimum Gasteiger partial charge on any atom is -0.373 e. The van der Waals surface area contributed by atoms with E-state index in [-0.39, 0.29) is 12.1 Å². The second-order valence-corrected chi connectivity index (χ2v) is 5.57. The molecule has 1 aromatic heterocycles. The van der Waals surface area contributed by atoms with E-state index in [0.29, 0.717) is 12.5 Å². The molecule has 20 heavy (non-hydrogen) atoms. The predicted octanol–water partition coefficient (Wildman–Crippen LogP) is 2.77. The highest BCUT2D eigenvalue weighted by Gasteiger charge is 2.28. The average molecular weight is 292 g/mol. The molecule has 106 valence electrons. The zero-order valence-electron chi connectivity index (χ0n) is 11.7. The Kier molecular flexibility index (Phi) is 3.76. The molecule has 0 N–H and O–H groups in total. The Morgan fingerprint density at radius 1 is 1.30 bits per heavy atom. The summed E-state index contributed by atoms with van der Waals surface area (Å²) in [5.41, 5.74) is 0.958. The van der Waals surface area contributed by atoms with Gasteiger partial charge in [-0.25, -0.2) is 0 Å². The number of ether oxygens (including phenoxy) is 1.